The minimum atomic E-state index is -0.250. The van der Waals surface area contributed by atoms with E-state index in [0.717, 1.165) is 62.3 Å². The third-order valence-corrected chi connectivity index (χ3v) is 8.02. The highest BCUT2D eigenvalue weighted by atomic mass is 16.5. The van der Waals surface area contributed by atoms with Crippen molar-refractivity contribution in [1.82, 2.24) is 9.47 Å². The van der Waals surface area contributed by atoms with Crippen LogP contribution in [0.5, 0.6) is 5.75 Å². The Morgan fingerprint density at radius 1 is 1.19 bits per heavy atom. The Hall–Kier alpha value is -2.47. The van der Waals surface area contributed by atoms with Crippen LogP contribution in [0.4, 0.5) is 5.69 Å². The second-order valence-corrected chi connectivity index (χ2v) is 9.81. The summed E-state index contributed by atoms with van der Waals surface area (Å²) in [5.74, 6) is 1.50. The fourth-order valence-corrected chi connectivity index (χ4v) is 6.31. The van der Waals surface area contributed by atoms with Crippen LogP contribution in [0.15, 0.2) is 36.5 Å². The van der Waals surface area contributed by atoms with E-state index in [1.165, 1.54) is 18.5 Å². The molecule has 1 aromatic heterocycles. The summed E-state index contributed by atoms with van der Waals surface area (Å²) in [5.41, 5.74) is 3.07. The van der Waals surface area contributed by atoms with Gasteiger partial charge in [0, 0.05) is 37.7 Å². The Morgan fingerprint density at radius 2 is 2.00 bits per heavy atom. The molecule has 6 nitrogen and oxygen atoms in total. The molecule has 2 spiro atoms. The molecule has 1 atom stereocenters. The third kappa shape index (κ3) is 2.99. The summed E-state index contributed by atoms with van der Waals surface area (Å²) in [4.78, 5) is 15.0. The molecule has 2 saturated heterocycles. The van der Waals surface area contributed by atoms with Crippen LogP contribution < -0.4 is 10.1 Å². The Morgan fingerprint density at radius 3 is 2.77 bits per heavy atom. The number of carbonyl (C=O) groups is 1. The summed E-state index contributed by atoms with van der Waals surface area (Å²) in [6.07, 6.45) is 9.45. The number of carbonyl (C=O) groups excluding carboxylic acids is 1. The SMILES string of the molecule is COc1ccc2c(c1)N[C@@]1(COC3(CCN(C(=O)C4CCCC4)CC3)C1)c1cccn1-2. The van der Waals surface area contributed by atoms with Gasteiger partial charge >= 0.3 is 0 Å². The number of hydrogen-bond acceptors (Lipinski definition) is 4. The van der Waals surface area contributed by atoms with Crippen molar-refractivity contribution in [2.45, 2.75) is 56.1 Å². The van der Waals surface area contributed by atoms with Crippen molar-refractivity contribution in [2.75, 3.05) is 32.1 Å². The quantitative estimate of drug-likeness (QED) is 0.794. The minimum Gasteiger partial charge on any atom is -0.497 e. The highest BCUT2D eigenvalue weighted by Gasteiger charge is 2.54. The Balaban J connectivity index is 1.23. The number of amides is 1. The van der Waals surface area contributed by atoms with Gasteiger partial charge in [-0.15, -0.1) is 0 Å². The van der Waals surface area contributed by atoms with Crippen molar-refractivity contribution >= 4 is 11.6 Å². The van der Waals surface area contributed by atoms with Crippen LogP contribution in [0.3, 0.4) is 0 Å². The van der Waals surface area contributed by atoms with E-state index in [-0.39, 0.29) is 17.1 Å². The molecule has 1 N–H and O–H groups in total. The molecule has 3 fully saturated rings. The van der Waals surface area contributed by atoms with Gasteiger partial charge in [-0.2, -0.15) is 0 Å². The first kappa shape index (κ1) is 19.2. The molecule has 2 aromatic rings. The van der Waals surface area contributed by atoms with Crippen LogP contribution in [0.1, 0.15) is 50.6 Å². The van der Waals surface area contributed by atoms with E-state index in [9.17, 15) is 4.79 Å². The Labute approximate surface area is 183 Å². The molecule has 0 radical (unpaired) electrons. The molecule has 4 heterocycles. The summed E-state index contributed by atoms with van der Waals surface area (Å²) in [6, 6.07) is 10.5. The van der Waals surface area contributed by atoms with Crippen LogP contribution in [0.25, 0.3) is 5.69 Å². The van der Waals surface area contributed by atoms with E-state index in [4.69, 9.17) is 9.47 Å². The van der Waals surface area contributed by atoms with Gasteiger partial charge in [-0.1, -0.05) is 12.8 Å². The van der Waals surface area contributed by atoms with Gasteiger partial charge in [0.1, 0.15) is 11.3 Å². The number of nitrogens with zero attached hydrogens (tertiary/aromatic N) is 2. The molecule has 0 bridgehead atoms. The summed E-state index contributed by atoms with van der Waals surface area (Å²) in [5, 5.41) is 3.83. The number of aromatic nitrogens is 1. The number of anilines is 1. The van der Waals surface area contributed by atoms with Crippen LogP contribution in [0, 0.1) is 5.92 Å². The third-order valence-electron chi connectivity index (χ3n) is 8.02. The fraction of sp³-hybridized carbons (Fsp3) is 0.560. The maximum absolute atomic E-state index is 12.9. The molecule has 6 heteroatoms. The van der Waals surface area contributed by atoms with Crippen LogP contribution in [-0.4, -0.2) is 47.8 Å². The maximum Gasteiger partial charge on any atom is 0.225 e. The topological polar surface area (TPSA) is 55.7 Å². The van der Waals surface area contributed by atoms with Gasteiger partial charge in [-0.05, 0) is 49.9 Å². The molecule has 1 saturated carbocycles. The van der Waals surface area contributed by atoms with Gasteiger partial charge in [0.25, 0.3) is 0 Å². The van der Waals surface area contributed by atoms with Crippen molar-refractivity contribution < 1.29 is 14.3 Å². The fourth-order valence-electron chi connectivity index (χ4n) is 6.31. The standard InChI is InChI=1S/C25H31N3O3/c1-30-19-8-9-21-20(15-19)26-25(22-7-4-12-28(21)22)16-24(31-17-25)10-13-27(14-11-24)23(29)18-5-2-3-6-18/h4,7-9,12,15,18,26H,2-3,5-6,10-11,13-14,16-17H2,1H3/t25-/m0/s1. The second kappa shape index (κ2) is 7.02. The number of likely N-dealkylation sites (tertiary alicyclic amines) is 1. The van der Waals surface area contributed by atoms with Crippen molar-refractivity contribution in [2.24, 2.45) is 5.92 Å². The highest BCUT2D eigenvalue weighted by Crippen LogP contribution is 2.50. The van der Waals surface area contributed by atoms with E-state index in [1.54, 1.807) is 7.11 Å². The minimum absolute atomic E-state index is 0.162. The molecule has 4 aliphatic rings. The van der Waals surface area contributed by atoms with Crippen LogP contribution in [0.2, 0.25) is 0 Å². The number of methoxy groups -OCH3 is 1. The zero-order chi connectivity index (χ0) is 21.1. The average Bonchev–Trinajstić information content (AvgIpc) is 3.55. The average molecular weight is 422 g/mol. The molecule has 1 aromatic carbocycles. The van der Waals surface area contributed by atoms with Crippen molar-refractivity contribution in [3.8, 4) is 11.4 Å². The monoisotopic (exact) mass is 421 g/mol. The number of hydrogen-bond donors (Lipinski definition) is 1. The van der Waals surface area contributed by atoms with Gasteiger partial charge in [0.05, 0.1) is 36.4 Å². The first-order valence-corrected chi connectivity index (χ1v) is 11.7. The molecular weight excluding hydrogens is 390 g/mol. The largest absolute Gasteiger partial charge is 0.497 e. The molecule has 1 aliphatic carbocycles. The molecule has 0 unspecified atom stereocenters. The first-order valence-electron chi connectivity index (χ1n) is 11.7. The van der Waals surface area contributed by atoms with Crippen LogP contribution in [-0.2, 0) is 15.1 Å². The van der Waals surface area contributed by atoms with Crippen LogP contribution >= 0.6 is 0 Å². The lowest BCUT2D eigenvalue weighted by Gasteiger charge is -2.41. The van der Waals surface area contributed by atoms with Crippen molar-refractivity contribution in [1.29, 1.82) is 0 Å². The number of fused-ring (bicyclic) bond motifs is 4. The Bertz CT molecular complexity index is 1000. The second-order valence-electron chi connectivity index (χ2n) is 9.81. The normalized spacial score (nSPS) is 26.7. The lowest BCUT2D eigenvalue weighted by Crippen LogP contribution is -2.49. The predicted octanol–water partition coefficient (Wildman–Crippen LogP) is 4.08. The molecule has 164 valence electrons. The van der Waals surface area contributed by atoms with Gasteiger partial charge in [-0.3, -0.25) is 4.79 Å². The van der Waals surface area contributed by atoms with Crippen molar-refractivity contribution in [3.63, 3.8) is 0 Å². The smallest absolute Gasteiger partial charge is 0.225 e. The number of piperidine rings is 1. The van der Waals surface area contributed by atoms with Gasteiger partial charge < -0.3 is 24.3 Å². The molecule has 6 rings (SSSR count). The summed E-state index contributed by atoms with van der Waals surface area (Å²) < 4.78 is 14.3. The van der Waals surface area contributed by atoms with Gasteiger partial charge in [0.15, 0.2) is 0 Å². The maximum atomic E-state index is 12.9. The van der Waals surface area contributed by atoms with E-state index in [2.05, 4.69) is 45.2 Å². The summed E-state index contributed by atoms with van der Waals surface area (Å²) in [7, 11) is 1.70. The van der Waals surface area contributed by atoms with E-state index < -0.39 is 0 Å². The lowest BCUT2D eigenvalue weighted by atomic mass is 9.79. The number of rotatable bonds is 2. The molecular formula is C25H31N3O3. The number of nitrogens with one attached hydrogen (secondary N) is 1. The van der Waals surface area contributed by atoms with E-state index >= 15 is 0 Å². The molecule has 3 aliphatic heterocycles. The summed E-state index contributed by atoms with van der Waals surface area (Å²) >= 11 is 0. The predicted molar refractivity (Wildman–Crippen MR) is 119 cm³/mol. The zero-order valence-electron chi connectivity index (χ0n) is 18.2. The highest BCUT2D eigenvalue weighted by molar-refractivity contribution is 5.79. The zero-order valence-corrected chi connectivity index (χ0v) is 18.2. The van der Waals surface area contributed by atoms with Crippen molar-refractivity contribution in [3.05, 3.63) is 42.2 Å². The molecule has 31 heavy (non-hydrogen) atoms. The van der Waals surface area contributed by atoms with E-state index in [0.29, 0.717) is 12.5 Å². The number of benzene rings is 1. The Kier molecular flexibility index (Phi) is 4.36. The van der Waals surface area contributed by atoms with E-state index in [1.807, 2.05) is 6.07 Å². The first-order chi connectivity index (χ1) is 15.1. The molecule has 1 amide bonds. The number of ether oxygens (including phenoxy) is 2. The summed E-state index contributed by atoms with van der Waals surface area (Å²) in [6.45, 7) is 2.28. The van der Waals surface area contributed by atoms with Gasteiger partial charge in [0.2, 0.25) is 5.91 Å². The lowest BCUT2D eigenvalue weighted by molar-refractivity contribution is -0.140. The van der Waals surface area contributed by atoms with Gasteiger partial charge in [-0.25, -0.2) is 0 Å².